The van der Waals surface area contributed by atoms with Crippen molar-refractivity contribution in [3.8, 4) is 6.07 Å². The number of nitriles is 1. The summed E-state index contributed by atoms with van der Waals surface area (Å²) in [7, 11) is 1.72. The Hall–Kier alpha value is -2.19. The fourth-order valence-electron chi connectivity index (χ4n) is 1.83. The molecule has 0 saturated heterocycles. The third-order valence-corrected chi connectivity index (χ3v) is 3.39. The summed E-state index contributed by atoms with van der Waals surface area (Å²) in [5, 5.41) is 17.3. The van der Waals surface area contributed by atoms with E-state index in [1.165, 1.54) is 12.1 Å². The lowest BCUT2D eigenvalue weighted by Gasteiger charge is -2.21. The zero-order chi connectivity index (χ0) is 14.7. The quantitative estimate of drug-likeness (QED) is 0.835. The molecule has 1 aliphatic carbocycles. The van der Waals surface area contributed by atoms with E-state index in [-0.39, 0.29) is 11.5 Å². The van der Waals surface area contributed by atoms with Crippen molar-refractivity contribution in [1.82, 2.24) is 0 Å². The van der Waals surface area contributed by atoms with Crippen molar-refractivity contribution in [2.45, 2.75) is 0 Å². The lowest BCUT2D eigenvalue weighted by molar-refractivity contribution is 0.628. The van der Waals surface area contributed by atoms with Gasteiger partial charge < -0.3 is 10.3 Å². The molecular formula is C15H11BrFN3. The molecule has 0 fully saturated rings. The van der Waals surface area contributed by atoms with Gasteiger partial charge in [0.25, 0.3) is 0 Å². The van der Waals surface area contributed by atoms with Gasteiger partial charge in [-0.25, -0.2) is 4.39 Å². The zero-order valence-electron chi connectivity index (χ0n) is 10.7. The highest BCUT2D eigenvalue weighted by Crippen LogP contribution is 2.24. The van der Waals surface area contributed by atoms with Crippen LogP contribution in [0.2, 0.25) is 0 Å². The minimum Gasteiger partial charge on any atom is -0.335 e. The molecule has 1 aromatic carbocycles. The van der Waals surface area contributed by atoms with Gasteiger partial charge in [-0.15, -0.1) is 0 Å². The molecule has 0 amide bonds. The SMILES string of the molecule is CN(/C(C#N)=C1/C=CC(Br)=CC1=N)c1ccc(F)cc1. The van der Waals surface area contributed by atoms with E-state index in [9.17, 15) is 9.65 Å². The molecule has 0 aliphatic heterocycles. The molecule has 1 aliphatic rings. The molecule has 0 spiro atoms. The van der Waals surface area contributed by atoms with Crippen molar-refractivity contribution in [1.29, 1.82) is 10.7 Å². The molecule has 3 nitrogen and oxygen atoms in total. The number of halogens is 2. The fraction of sp³-hybridized carbons (Fsp3) is 0.0667. The maximum atomic E-state index is 12.9. The zero-order valence-corrected chi connectivity index (χ0v) is 12.3. The smallest absolute Gasteiger partial charge is 0.129 e. The highest BCUT2D eigenvalue weighted by atomic mass is 79.9. The van der Waals surface area contributed by atoms with Gasteiger partial charge in [0, 0.05) is 22.8 Å². The molecule has 0 atom stereocenters. The predicted molar refractivity (Wildman–Crippen MR) is 81.3 cm³/mol. The molecule has 0 unspecified atom stereocenters. The van der Waals surface area contributed by atoms with Gasteiger partial charge in [-0.3, -0.25) is 0 Å². The van der Waals surface area contributed by atoms with Crippen molar-refractivity contribution in [2.24, 2.45) is 0 Å². The standard InChI is InChI=1S/C15H11BrFN3/c1-20(12-5-3-11(17)4-6-12)15(9-18)13-7-2-10(16)8-14(13)19/h2-8,19H,1H3/b15-13-,19-14?. The van der Waals surface area contributed by atoms with Crippen LogP contribution in [0.1, 0.15) is 0 Å². The van der Waals surface area contributed by atoms with Crippen LogP contribution in [0.5, 0.6) is 0 Å². The normalized spacial score (nSPS) is 16.5. The molecule has 0 saturated carbocycles. The number of nitrogens with one attached hydrogen (secondary N) is 1. The van der Waals surface area contributed by atoms with Gasteiger partial charge in [0.15, 0.2) is 0 Å². The van der Waals surface area contributed by atoms with E-state index >= 15 is 0 Å². The van der Waals surface area contributed by atoms with Crippen LogP contribution in [0.4, 0.5) is 10.1 Å². The van der Waals surface area contributed by atoms with E-state index in [0.29, 0.717) is 17.0 Å². The summed E-state index contributed by atoms with van der Waals surface area (Å²) in [4.78, 5) is 1.64. The lowest BCUT2D eigenvalue weighted by Crippen LogP contribution is -2.19. The first-order valence-corrected chi connectivity index (χ1v) is 6.60. The van der Waals surface area contributed by atoms with Crippen LogP contribution in [0.15, 0.2) is 58.2 Å². The van der Waals surface area contributed by atoms with Gasteiger partial charge in [0.1, 0.15) is 17.6 Å². The van der Waals surface area contributed by atoms with Crippen LogP contribution in [0.25, 0.3) is 0 Å². The second-order valence-electron chi connectivity index (χ2n) is 4.19. The topological polar surface area (TPSA) is 50.9 Å². The first kappa shape index (κ1) is 14.2. The van der Waals surface area contributed by atoms with E-state index < -0.39 is 0 Å². The number of hydrogen-bond donors (Lipinski definition) is 1. The summed E-state index contributed by atoms with van der Waals surface area (Å²) in [5.41, 5.74) is 1.81. The summed E-state index contributed by atoms with van der Waals surface area (Å²) in [6.07, 6.45) is 5.12. The maximum absolute atomic E-state index is 12.9. The maximum Gasteiger partial charge on any atom is 0.129 e. The Bertz CT molecular complexity index is 678. The summed E-state index contributed by atoms with van der Waals surface area (Å²) in [6, 6.07) is 7.96. The number of benzene rings is 1. The van der Waals surface area contributed by atoms with E-state index in [1.807, 2.05) is 0 Å². The molecule has 0 radical (unpaired) electrons. The van der Waals surface area contributed by atoms with Gasteiger partial charge in [-0.1, -0.05) is 15.9 Å². The van der Waals surface area contributed by atoms with Crippen LogP contribution in [-0.4, -0.2) is 12.8 Å². The second kappa shape index (κ2) is 5.85. The Balaban J connectivity index is 2.43. The van der Waals surface area contributed by atoms with Crippen LogP contribution >= 0.6 is 15.9 Å². The van der Waals surface area contributed by atoms with Gasteiger partial charge >= 0.3 is 0 Å². The number of rotatable bonds is 2. The Morgan fingerprint density at radius 1 is 1.30 bits per heavy atom. The second-order valence-corrected chi connectivity index (χ2v) is 5.10. The molecule has 5 heteroatoms. The first-order valence-electron chi connectivity index (χ1n) is 5.81. The van der Waals surface area contributed by atoms with Crippen molar-refractivity contribution < 1.29 is 4.39 Å². The average molecular weight is 332 g/mol. The summed E-state index contributed by atoms with van der Waals surface area (Å²) < 4.78 is 13.7. The van der Waals surface area contributed by atoms with Gasteiger partial charge in [0.2, 0.25) is 0 Å². The molecule has 2 rings (SSSR count). The fourth-order valence-corrected chi connectivity index (χ4v) is 2.19. The average Bonchev–Trinajstić information content (AvgIpc) is 2.42. The van der Waals surface area contributed by atoms with Crippen LogP contribution in [0, 0.1) is 22.6 Å². The van der Waals surface area contributed by atoms with E-state index in [2.05, 4.69) is 22.0 Å². The molecule has 1 N–H and O–H groups in total. The first-order chi connectivity index (χ1) is 9.52. The molecule has 20 heavy (non-hydrogen) atoms. The van der Waals surface area contributed by atoms with Crippen molar-refractivity contribution >= 4 is 27.3 Å². The van der Waals surface area contributed by atoms with Gasteiger partial charge in [-0.2, -0.15) is 5.26 Å². The van der Waals surface area contributed by atoms with E-state index in [1.54, 1.807) is 42.3 Å². The molecule has 0 aromatic heterocycles. The highest BCUT2D eigenvalue weighted by Gasteiger charge is 2.16. The number of hydrogen-bond acceptors (Lipinski definition) is 3. The molecule has 0 heterocycles. The molecular weight excluding hydrogens is 321 g/mol. The van der Waals surface area contributed by atoms with Gasteiger partial charge in [-0.05, 0) is 42.5 Å². The summed E-state index contributed by atoms with van der Waals surface area (Å²) in [5.74, 6) is -0.328. The Labute approximate surface area is 125 Å². The molecule has 100 valence electrons. The third kappa shape index (κ3) is 2.86. The van der Waals surface area contributed by atoms with E-state index in [4.69, 9.17) is 5.41 Å². The van der Waals surface area contributed by atoms with Crippen LogP contribution < -0.4 is 4.90 Å². The Morgan fingerprint density at radius 3 is 2.50 bits per heavy atom. The monoisotopic (exact) mass is 331 g/mol. The van der Waals surface area contributed by atoms with Crippen LogP contribution in [0.3, 0.4) is 0 Å². The minimum absolute atomic E-state index is 0.255. The Morgan fingerprint density at radius 2 is 1.95 bits per heavy atom. The van der Waals surface area contributed by atoms with Crippen molar-refractivity contribution in [3.05, 3.63) is 64.1 Å². The molecule has 1 aromatic rings. The minimum atomic E-state index is -0.328. The van der Waals surface area contributed by atoms with Gasteiger partial charge in [0.05, 0.1) is 5.71 Å². The van der Waals surface area contributed by atoms with Crippen molar-refractivity contribution in [3.63, 3.8) is 0 Å². The highest BCUT2D eigenvalue weighted by molar-refractivity contribution is 9.11. The predicted octanol–water partition coefficient (Wildman–Crippen LogP) is 3.91. The van der Waals surface area contributed by atoms with E-state index in [0.717, 1.165) is 4.48 Å². The van der Waals surface area contributed by atoms with Crippen LogP contribution in [-0.2, 0) is 0 Å². The van der Waals surface area contributed by atoms with Crippen molar-refractivity contribution in [2.75, 3.05) is 11.9 Å². The third-order valence-electron chi connectivity index (χ3n) is 2.89. The number of nitrogens with zero attached hydrogens (tertiary/aromatic N) is 2. The summed E-state index contributed by atoms with van der Waals surface area (Å²) >= 11 is 3.29. The summed E-state index contributed by atoms with van der Waals surface area (Å²) in [6.45, 7) is 0. The number of allylic oxidation sites excluding steroid dienone is 6. The molecule has 0 bridgehead atoms. The lowest BCUT2D eigenvalue weighted by atomic mass is 10.0. The Kier molecular flexibility index (Phi) is 4.16. The number of anilines is 1. The largest absolute Gasteiger partial charge is 0.335 e.